The van der Waals surface area contributed by atoms with E-state index in [1.807, 2.05) is 73.8 Å². The fourth-order valence-corrected chi connectivity index (χ4v) is 2.52. The molecule has 1 aromatic heterocycles. The number of benzene rings is 2. The van der Waals surface area contributed by atoms with Gasteiger partial charge in [-0.25, -0.2) is 9.48 Å². The lowest BCUT2D eigenvalue weighted by atomic mass is 10.1. The molecule has 0 radical (unpaired) electrons. The van der Waals surface area contributed by atoms with Crippen LogP contribution in [-0.4, -0.2) is 27.5 Å². The van der Waals surface area contributed by atoms with Crippen LogP contribution in [0.2, 0.25) is 0 Å². The highest BCUT2D eigenvalue weighted by molar-refractivity contribution is 5.89. The van der Waals surface area contributed by atoms with Crippen LogP contribution >= 0.6 is 0 Å². The molecule has 25 heavy (non-hydrogen) atoms. The minimum absolute atomic E-state index is 0.186. The number of nitrogens with zero attached hydrogens (tertiary/aromatic N) is 2. The van der Waals surface area contributed by atoms with Crippen molar-refractivity contribution in [2.24, 2.45) is 0 Å². The largest absolute Gasteiger partial charge is 0.394 e. The van der Waals surface area contributed by atoms with Gasteiger partial charge in [0.15, 0.2) is 5.82 Å². The van der Waals surface area contributed by atoms with Crippen molar-refractivity contribution in [1.82, 2.24) is 15.1 Å². The molecule has 3 aromatic rings. The lowest BCUT2D eigenvalue weighted by Crippen LogP contribution is -2.34. The fourth-order valence-electron chi connectivity index (χ4n) is 2.52. The molecular weight excluding hydrogens is 316 g/mol. The Bertz CT molecular complexity index is 831. The first kappa shape index (κ1) is 16.7. The van der Waals surface area contributed by atoms with Gasteiger partial charge in [0.25, 0.3) is 0 Å². The zero-order valence-electron chi connectivity index (χ0n) is 13.9. The Morgan fingerprint density at radius 2 is 1.76 bits per heavy atom. The number of aliphatic hydroxyl groups excluding tert-OH is 1. The molecule has 1 atom stereocenters. The summed E-state index contributed by atoms with van der Waals surface area (Å²) in [6, 6.07) is 18.1. The highest BCUT2D eigenvalue weighted by Gasteiger charge is 2.15. The maximum absolute atomic E-state index is 12.3. The summed E-state index contributed by atoms with van der Waals surface area (Å²) >= 11 is 0. The minimum Gasteiger partial charge on any atom is -0.394 e. The molecule has 3 rings (SSSR count). The van der Waals surface area contributed by atoms with E-state index in [4.69, 9.17) is 0 Å². The highest BCUT2D eigenvalue weighted by atomic mass is 16.3. The van der Waals surface area contributed by atoms with Crippen LogP contribution in [0.25, 0.3) is 5.69 Å². The van der Waals surface area contributed by atoms with Gasteiger partial charge in [0.05, 0.1) is 18.3 Å². The number of hydrogen-bond donors (Lipinski definition) is 3. The minimum atomic E-state index is -0.474. The monoisotopic (exact) mass is 336 g/mol. The zero-order chi connectivity index (χ0) is 17.6. The molecule has 128 valence electrons. The topological polar surface area (TPSA) is 79.2 Å². The Morgan fingerprint density at radius 1 is 1.12 bits per heavy atom. The maximum atomic E-state index is 12.3. The maximum Gasteiger partial charge on any atom is 0.321 e. The molecule has 0 aliphatic carbocycles. The van der Waals surface area contributed by atoms with E-state index < -0.39 is 12.1 Å². The van der Waals surface area contributed by atoms with E-state index in [9.17, 15) is 9.90 Å². The number of carbonyl (C=O) groups is 1. The number of carbonyl (C=O) groups excluding carboxylic acids is 1. The van der Waals surface area contributed by atoms with Gasteiger partial charge in [-0.3, -0.25) is 5.32 Å². The van der Waals surface area contributed by atoms with Crippen LogP contribution in [0.1, 0.15) is 17.2 Å². The number of nitrogens with one attached hydrogen (secondary N) is 2. The first-order valence-corrected chi connectivity index (χ1v) is 8.02. The van der Waals surface area contributed by atoms with Crippen molar-refractivity contribution in [3.05, 3.63) is 78.0 Å². The number of aryl methyl sites for hydroxylation is 1. The van der Waals surface area contributed by atoms with E-state index in [2.05, 4.69) is 15.7 Å². The molecule has 0 spiro atoms. The molecule has 0 bridgehead atoms. The summed E-state index contributed by atoms with van der Waals surface area (Å²) < 4.78 is 1.71. The van der Waals surface area contributed by atoms with Gasteiger partial charge in [-0.2, -0.15) is 0 Å². The van der Waals surface area contributed by atoms with Crippen LogP contribution in [0.5, 0.6) is 0 Å². The summed E-state index contributed by atoms with van der Waals surface area (Å²) in [5.41, 5.74) is 2.60. The Kier molecular flexibility index (Phi) is 5.11. The van der Waals surface area contributed by atoms with Crippen LogP contribution in [0, 0.1) is 6.92 Å². The second-order valence-corrected chi connectivity index (χ2v) is 5.69. The molecule has 0 fully saturated rings. The van der Waals surface area contributed by atoms with Gasteiger partial charge in [-0.05, 0) is 24.6 Å². The Hall–Kier alpha value is -3.12. The molecule has 1 heterocycles. The predicted octanol–water partition coefficient (Wildman–Crippen LogP) is 3.04. The van der Waals surface area contributed by atoms with Gasteiger partial charge in [-0.1, -0.05) is 48.5 Å². The van der Waals surface area contributed by atoms with E-state index >= 15 is 0 Å². The van der Waals surface area contributed by atoms with Crippen LogP contribution in [0.15, 0.2) is 66.9 Å². The van der Waals surface area contributed by atoms with Crippen LogP contribution in [-0.2, 0) is 0 Å². The van der Waals surface area contributed by atoms with Gasteiger partial charge in [0, 0.05) is 11.8 Å². The van der Waals surface area contributed by atoms with E-state index in [-0.39, 0.29) is 6.61 Å². The number of rotatable bonds is 5. The number of para-hydroxylation sites is 1. The van der Waals surface area contributed by atoms with E-state index in [0.29, 0.717) is 5.82 Å². The normalized spacial score (nSPS) is 11.8. The van der Waals surface area contributed by atoms with Crippen molar-refractivity contribution >= 4 is 11.8 Å². The average Bonchev–Trinajstić information content (AvgIpc) is 3.01. The molecule has 2 aromatic carbocycles. The van der Waals surface area contributed by atoms with E-state index in [1.165, 1.54) is 0 Å². The van der Waals surface area contributed by atoms with Crippen molar-refractivity contribution in [3.8, 4) is 5.69 Å². The number of hydrogen-bond acceptors (Lipinski definition) is 3. The van der Waals surface area contributed by atoms with Gasteiger partial charge in [0.2, 0.25) is 0 Å². The highest BCUT2D eigenvalue weighted by Crippen LogP contribution is 2.16. The zero-order valence-corrected chi connectivity index (χ0v) is 13.9. The summed E-state index contributed by atoms with van der Waals surface area (Å²) in [7, 11) is 0. The van der Waals surface area contributed by atoms with Gasteiger partial charge in [0.1, 0.15) is 0 Å². The number of anilines is 1. The van der Waals surface area contributed by atoms with Crippen molar-refractivity contribution < 1.29 is 9.90 Å². The predicted molar refractivity (Wildman–Crippen MR) is 96.7 cm³/mol. The third-order valence-electron chi connectivity index (χ3n) is 3.84. The van der Waals surface area contributed by atoms with Crippen LogP contribution in [0.3, 0.4) is 0 Å². The van der Waals surface area contributed by atoms with Gasteiger partial charge >= 0.3 is 6.03 Å². The Labute approximate surface area is 146 Å². The molecule has 0 aliphatic heterocycles. The first-order chi connectivity index (χ1) is 12.2. The lowest BCUT2D eigenvalue weighted by molar-refractivity contribution is 0.225. The average molecular weight is 336 g/mol. The van der Waals surface area contributed by atoms with E-state index in [0.717, 1.165) is 16.8 Å². The summed E-state index contributed by atoms with van der Waals surface area (Å²) in [6.45, 7) is 1.69. The number of urea groups is 1. The Balaban J connectivity index is 1.70. The third kappa shape index (κ3) is 4.05. The Morgan fingerprint density at radius 3 is 2.40 bits per heavy atom. The fraction of sp³-hybridized carbons (Fsp3) is 0.158. The van der Waals surface area contributed by atoms with Crippen LogP contribution < -0.4 is 10.6 Å². The number of aliphatic hydroxyl groups is 1. The SMILES string of the molecule is Cc1cn(-c2ccccc2)nc1NC(=O)NC(CO)c1ccccc1. The van der Waals surface area contributed by atoms with Crippen molar-refractivity contribution in [1.29, 1.82) is 0 Å². The molecule has 0 saturated carbocycles. The standard InChI is InChI=1S/C19H20N4O2/c1-14-12-23(16-10-6-3-7-11-16)22-18(14)21-19(25)20-17(13-24)15-8-4-2-5-9-15/h2-12,17,24H,13H2,1H3,(H2,20,21,22,25). The summed E-state index contributed by atoms with van der Waals surface area (Å²) in [4.78, 5) is 12.3. The van der Waals surface area contributed by atoms with Crippen molar-refractivity contribution in [3.63, 3.8) is 0 Å². The molecular formula is C19H20N4O2. The quantitative estimate of drug-likeness (QED) is 0.670. The summed E-state index contributed by atoms with van der Waals surface area (Å²) in [5, 5.41) is 19.4. The lowest BCUT2D eigenvalue weighted by Gasteiger charge is -2.16. The van der Waals surface area contributed by atoms with Gasteiger partial charge < -0.3 is 10.4 Å². The first-order valence-electron chi connectivity index (χ1n) is 8.02. The number of amides is 2. The third-order valence-corrected chi connectivity index (χ3v) is 3.84. The van der Waals surface area contributed by atoms with E-state index in [1.54, 1.807) is 4.68 Å². The molecule has 0 aliphatic rings. The second kappa shape index (κ2) is 7.63. The molecule has 6 heteroatoms. The number of aromatic nitrogens is 2. The summed E-state index contributed by atoms with van der Waals surface area (Å²) in [6.07, 6.45) is 1.85. The van der Waals surface area contributed by atoms with Crippen molar-refractivity contribution in [2.45, 2.75) is 13.0 Å². The second-order valence-electron chi connectivity index (χ2n) is 5.69. The summed E-state index contributed by atoms with van der Waals surface area (Å²) in [5.74, 6) is 0.478. The van der Waals surface area contributed by atoms with Crippen molar-refractivity contribution in [2.75, 3.05) is 11.9 Å². The smallest absolute Gasteiger partial charge is 0.321 e. The van der Waals surface area contributed by atoms with Gasteiger partial charge in [-0.15, -0.1) is 5.10 Å². The molecule has 0 saturated heterocycles. The molecule has 3 N–H and O–H groups in total. The molecule has 2 amide bonds. The molecule has 6 nitrogen and oxygen atoms in total. The molecule has 1 unspecified atom stereocenters. The van der Waals surface area contributed by atoms with Crippen LogP contribution in [0.4, 0.5) is 10.6 Å².